The van der Waals surface area contributed by atoms with Crippen molar-refractivity contribution in [3.8, 4) is 5.75 Å². The monoisotopic (exact) mass is 475 g/mol. The number of carbonyl (C=O) groups is 1. The van der Waals surface area contributed by atoms with E-state index in [0.717, 1.165) is 11.1 Å². The molecule has 4 rings (SSSR count). The maximum absolute atomic E-state index is 12.9. The number of halogens is 1. The first-order valence-corrected chi connectivity index (χ1v) is 11.8. The number of benzene rings is 2. The molecule has 2 aromatic carbocycles. The molecule has 10 heteroatoms. The molecule has 0 spiro atoms. The first-order chi connectivity index (χ1) is 15.3. The van der Waals surface area contributed by atoms with Crippen LogP contribution in [0, 0.1) is 6.92 Å². The van der Waals surface area contributed by atoms with Gasteiger partial charge in [-0.2, -0.15) is 4.31 Å². The number of para-hydroxylation sites is 1. The third-order valence-electron chi connectivity index (χ3n) is 5.00. The molecular formula is C22H22ClN3O5S. The molecule has 0 unspecified atom stereocenters. The van der Waals surface area contributed by atoms with Gasteiger partial charge in [0.25, 0.3) is 5.91 Å². The van der Waals surface area contributed by atoms with E-state index in [4.69, 9.17) is 21.1 Å². The fraction of sp³-hybridized carbons (Fsp3) is 0.273. The van der Waals surface area contributed by atoms with Crippen molar-refractivity contribution < 1.29 is 22.7 Å². The first-order valence-electron chi connectivity index (χ1n) is 10.0. The number of aryl methyl sites for hydroxylation is 1. The molecule has 3 aromatic rings. The molecule has 1 N–H and O–H groups in total. The normalized spacial score (nSPS) is 14.9. The molecule has 1 saturated heterocycles. The summed E-state index contributed by atoms with van der Waals surface area (Å²) >= 11 is 6.19. The molecule has 0 bridgehead atoms. The summed E-state index contributed by atoms with van der Waals surface area (Å²) in [5.41, 5.74) is 1.70. The fourth-order valence-electron chi connectivity index (χ4n) is 3.36. The molecule has 168 valence electrons. The van der Waals surface area contributed by atoms with Crippen LogP contribution in [0.5, 0.6) is 5.75 Å². The van der Waals surface area contributed by atoms with Crippen molar-refractivity contribution in [3.05, 3.63) is 59.2 Å². The van der Waals surface area contributed by atoms with Crippen LogP contribution in [0.4, 0.5) is 5.69 Å². The summed E-state index contributed by atoms with van der Waals surface area (Å²) in [6, 6.07) is 13.5. The van der Waals surface area contributed by atoms with Crippen molar-refractivity contribution in [1.29, 1.82) is 0 Å². The molecule has 0 radical (unpaired) electrons. The van der Waals surface area contributed by atoms with E-state index in [-0.39, 0.29) is 35.3 Å². The van der Waals surface area contributed by atoms with E-state index in [1.165, 1.54) is 22.5 Å². The standard InChI is InChI=1S/C22H22ClN3O5S/c1-15-5-6-16-3-2-4-20(22(16)24-15)31-14-21(27)25-19-13-17(7-8-18(19)23)32(28,29)26-9-11-30-12-10-26/h2-8,13H,9-12,14H2,1H3,(H,25,27). The molecule has 1 amide bonds. The minimum atomic E-state index is -3.72. The lowest BCUT2D eigenvalue weighted by Crippen LogP contribution is -2.40. The van der Waals surface area contributed by atoms with Gasteiger partial charge < -0.3 is 14.8 Å². The van der Waals surface area contributed by atoms with E-state index < -0.39 is 15.9 Å². The highest BCUT2D eigenvalue weighted by Gasteiger charge is 2.27. The largest absolute Gasteiger partial charge is 0.481 e. The second-order valence-corrected chi connectivity index (χ2v) is 9.62. The molecule has 1 fully saturated rings. The van der Waals surface area contributed by atoms with Gasteiger partial charge in [0.2, 0.25) is 10.0 Å². The first kappa shape index (κ1) is 22.5. The van der Waals surface area contributed by atoms with Gasteiger partial charge in [-0.15, -0.1) is 0 Å². The number of fused-ring (bicyclic) bond motifs is 1. The van der Waals surface area contributed by atoms with Gasteiger partial charge in [0.15, 0.2) is 6.61 Å². The zero-order valence-electron chi connectivity index (χ0n) is 17.4. The van der Waals surface area contributed by atoms with E-state index in [1.807, 2.05) is 31.2 Å². The molecule has 2 heterocycles. The smallest absolute Gasteiger partial charge is 0.262 e. The highest BCUT2D eigenvalue weighted by atomic mass is 35.5. The van der Waals surface area contributed by atoms with Crippen LogP contribution in [-0.4, -0.2) is 56.5 Å². The number of morpholine rings is 1. The second kappa shape index (κ2) is 9.41. The summed E-state index contributed by atoms with van der Waals surface area (Å²) in [4.78, 5) is 17.0. The van der Waals surface area contributed by atoms with Crippen molar-refractivity contribution in [1.82, 2.24) is 9.29 Å². The Morgan fingerprint density at radius 1 is 1.19 bits per heavy atom. The molecule has 1 aliphatic heterocycles. The predicted molar refractivity (Wildman–Crippen MR) is 122 cm³/mol. The lowest BCUT2D eigenvalue weighted by Gasteiger charge is -2.26. The van der Waals surface area contributed by atoms with Gasteiger partial charge in [-0.3, -0.25) is 4.79 Å². The van der Waals surface area contributed by atoms with Crippen molar-refractivity contribution >= 4 is 44.1 Å². The predicted octanol–water partition coefficient (Wildman–Crippen LogP) is 3.24. The van der Waals surface area contributed by atoms with Gasteiger partial charge in [0, 0.05) is 24.2 Å². The SMILES string of the molecule is Cc1ccc2cccc(OCC(=O)Nc3cc(S(=O)(=O)N4CCOCC4)ccc3Cl)c2n1. The number of anilines is 1. The zero-order chi connectivity index (χ0) is 22.7. The van der Waals surface area contributed by atoms with Crippen LogP contribution in [0.15, 0.2) is 53.4 Å². The minimum absolute atomic E-state index is 0.0498. The van der Waals surface area contributed by atoms with Gasteiger partial charge in [-0.25, -0.2) is 13.4 Å². The number of pyridine rings is 1. The van der Waals surface area contributed by atoms with E-state index in [2.05, 4.69) is 10.3 Å². The fourth-order valence-corrected chi connectivity index (χ4v) is 4.96. The van der Waals surface area contributed by atoms with Crippen LogP contribution in [-0.2, 0) is 19.6 Å². The number of hydrogen-bond acceptors (Lipinski definition) is 6. The lowest BCUT2D eigenvalue weighted by atomic mass is 10.2. The molecule has 0 saturated carbocycles. The van der Waals surface area contributed by atoms with Gasteiger partial charge in [0.05, 0.1) is 28.8 Å². The van der Waals surface area contributed by atoms with Crippen LogP contribution < -0.4 is 10.1 Å². The highest BCUT2D eigenvalue weighted by molar-refractivity contribution is 7.89. The van der Waals surface area contributed by atoms with Crippen molar-refractivity contribution in [2.45, 2.75) is 11.8 Å². The Hall–Kier alpha value is -2.72. The van der Waals surface area contributed by atoms with E-state index in [1.54, 1.807) is 6.07 Å². The molecule has 8 nitrogen and oxygen atoms in total. The Labute approximate surface area is 191 Å². The minimum Gasteiger partial charge on any atom is -0.481 e. The van der Waals surface area contributed by atoms with Gasteiger partial charge >= 0.3 is 0 Å². The van der Waals surface area contributed by atoms with Crippen molar-refractivity contribution in [2.24, 2.45) is 0 Å². The Morgan fingerprint density at radius 3 is 2.75 bits per heavy atom. The molecular weight excluding hydrogens is 454 g/mol. The van der Waals surface area contributed by atoms with Gasteiger partial charge in [-0.1, -0.05) is 29.8 Å². The third kappa shape index (κ3) is 4.86. The van der Waals surface area contributed by atoms with E-state index in [9.17, 15) is 13.2 Å². The number of ether oxygens (including phenoxy) is 2. The highest BCUT2D eigenvalue weighted by Crippen LogP contribution is 2.28. The summed E-state index contributed by atoms with van der Waals surface area (Å²) in [5.74, 6) is 0.00793. The molecule has 0 aliphatic carbocycles. The quantitative estimate of drug-likeness (QED) is 0.587. The lowest BCUT2D eigenvalue weighted by molar-refractivity contribution is -0.118. The summed E-state index contributed by atoms with van der Waals surface area (Å²) < 4.78 is 38.0. The van der Waals surface area contributed by atoms with Crippen LogP contribution in [0.1, 0.15) is 5.69 Å². The number of amides is 1. The summed E-state index contributed by atoms with van der Waals surface area (Å²) in [7, 11) is -3.72. The van der Waals surface area contributed by atoms with Crippen LogP contribution in [0.3, 0.4) is 0 Å². The Morgan fingerprint density at radius 2 is 1.97 bits per heavy atom. The number of carbonyl (C=O) groups excluding carboxylic acids is 1. The number of rotatable bonds is 6. The van der Waals surface area contributed by atoms with Gasteiger partial charge in [-0.05, 0) is 37.3 Å². The van der Waals surface area contributed by atoms with E-state index >= 15 is 0 Å². The molecule has 1 aliphatic rings. The maximum atomic E-state index is 12.9. The molecule has 1 aromatic heterocycles. The second-order valence-electron chi connectivity index (χ2n) is 7.28. The topological polar surface area (TPSA) is 97.8 Å². The van der Waals surface area contributed by atoms with Crippen molar-refractivity contribution in [2.75, 3.05) is 38.2 Å². The average molecular weight is 476 g/mol. The number of nitrogens with one attached hydrogen (secondary N) is 1. The number of nitrogens with zero attached hydrogens (tertiary/aromatic N) is 2. The number of aromatic nitrogens is 1. The van der Waals surface area contributed by atoms with E-state index in [0.29, 0.717) is 24.5 Å². The molecule has 0 atom stereocenters. The summed E-state index contributed by atoms with van der Waals surface area (Å²) in [5, 5.41) is 3.76. The zero-order valence-corrected chi connectivity index (χ0v) is 18.9. The Balaban J connectivity index is 1.48. The van der Waals surface area contributed by atoms with Crippen LogP contribution in [0.25, 0.3) is 10.9 Å². The van der Waals surface area contributed by atoms with Gasteiger partial charge in [0.1, 0.15) is 11.3 Å². The summed E-state index contributed by atoms with van der Waals surface area (Å²) in [6.07, 6.45) is 0. The molecule has 32 heavy (non-hydrogen) atoms. The Kier molecular flexibility index (Phi) is 6.61. The Bertz CT molecular complexity index is 1260. The number of sulfonamides is 1. The average Bonchev–Trinajstić information content (AvgIpc) is 2.79. The van der Waals surface area contributed by atoms with Crippen molar-refractivity contribution in [3.63, 3.8) is 0 Å². The summed E-state index contributed by atoms with van der Waals surface area (Å²) in [6.45, 7) is 2.83. The number of hydrogen-bond donors (Lipinski definition) is 1. The van der Waals surface area contributed by atoms with Crippen LogP contribution in [0.2, 0.25) is 5.02 Å². The third-order valence-corrected chi connectivity index (χ3v) is 7.23. The van der Waals surface area contributed by atoms with Crippen LogP contribution >= 0.6 is 11.6 Å². The maximum Gasteiger partial charge on any atom is 0.262 e.